The largest absolute Gasteiger partial charge is 0.469 e. The fourth-order valence-corrected chi connectivity index (χ4v) is 2.03. The molecule has 0 aliphatic rings. The van der Waals surface area contributed by atoms with Gasteiger partial charge in [-0.05, 0) is 18.7 Å². The van der Waals surface area contributed by atoms with Gasteiger partial charge in [-0.1, -0.05) is 24.3 Å². The normalized spacial score (nSPS) is 12.3. The molecule has 0 radical (unpaired) electrons. The lowest BCUT2D eigenvalue weighted by Gasteiger charge is -2.16. The van der Waals surface area contributed by atoms with Crippen molar-refractivity contribution < 1.29 is 9.53 Å². The summed E-state index contributed by atoms with van der Waals surface area (Å²) in [7, 11) is 3.23. The van der Waals surface area contributed by atoms with Crippen LogP contribution < -0.4 is 5.32 Å². The van der Waals surface area contributed by atoms with Crippen molar-refractivity contribution in [2.75, 3.05) is 14.2 Å². The van der Waals surface area contributed by atoms with Crippen molar-refractivity contribution >= 4 is 16.9 Å². The predicted molar refractivity (Wildman–Crippen MR) is 70.2 cm³/mol. The average Bonchev–Trinajstić information content (AvgIpc) is 2.44. The van der Waals surface area contributed by atoms with E-state index in [1.807, 2.05) is 37.4 Å². The molecule has 0 saturated heterocycles. The number of benzene rings is 1. The maximum Gasteiger partial charge on any atom is 0.307 e. The number of esters is 1. The van der Waals surface area contributed by atoms with Crippen molar-refractivity contribution in [3.05, 3.63) is 42.1 Å². The Hall–Kier alpha value is -1.94. The summed E-state index contributed by atoms with van der Waals surface area (Å²) in [5, 5.41) is 4.20. The van der Waals surface area contributed by atoms with Crippen molar-refractivity contribution in [3.63, 3.8) is 0 Å². The molecule has 1 aromatic carbocycles. The molecule has 1 aromatic heterocycles. The van der Waals surface area contributed by atoms with Gasteiger partial charge in [-0.2, -0.15) is 0 Å². The number of hydrogen-bond acceptors (Lipinski definition) is 4. The summed E-state index contributed by atoms with van der Waals surface area (Å²) in [4.78, 5) is 15.8. The quantitative estimate of drug-likeness (QED) is 0.836. The molecule has 1 unspecified atom stereocenters. The zero-order valence-electron chi connectivity index (χ0n) is 10.5. The number of ether oxygens (including phenoxy) is 1. The Morgan fingerprint density at radius 3 is 2.89 bits per heavy atom. The van der Waals surface area contributed by atoms with E-state index in [-0.39, 0.29) is 12.0 Å². The van der Waals surface area contributed by atoms with Gasteiger partial charge in [0.25, 0.3) is 0 Å². The van der Waals surface area contributed by atoms with Gasteiger partial charge in [-0.25, -0.2) is 0 Å². The third-order valence-corrected chi connectivity index (χ3v) is 2.99. The molecule has 0 bridgehead atoms. The van der Waals surface area contributed by atoms with Crippen LogP contribution in [0, 0.1) is 0 Å². The summed E-state index contributed by atoms with van der Waals surface area (Å²) < 4.78 is 4.72. The van der Waals surface area contributed by atoms with Crippen LogP contribution in [0.1, 0.15) is 18.0 Å². The highest BCUT2D eigenvalue weighted by Gasteiger charge is 2.17. The van der Waals surface area contributed by atoms with Crippen LogP contribution in [0.5, 0.6) is 0 Å². The smallest absolute Gasteiger partial charge is 0.307 e. The van der Waals surface area contributed by atoms with Gasteiger partial charge in [0.1, 0.15) is 0 Å². The number of carbonyl (C=O) groups excluding carboxylic acids is 1. The van der Waals surface area contributed by atoms with Gasteiger partial charge >= 0.3 is 5.97 Å². The van der Waals surface area contributed by atoms with E-state index in [1.54, 1.807) is 6.20 Å². The van der Waals surface area contributed by atoms with E-state index in [9.17, 15) is 4.79 Å². The zero-order valence-corrected chi connectivity index (χ0v) is 10.5. The molecule has 0 aliphatic carbocycles. The Morgan fingerprint density at radius 1 is 1.39 bits per heavy atom. The summed E-state index contributed by atoms with van der Waals surface area (Å²) in [6.07, 6.45) is 2.05. The van der Waals surface area contributed by atoms with Crippen LogP contribution in [0.3, 0.4) is 0 Å². The SMILES string of the molecule is CNC(CC(=O)OC)c1cccc2cccnc12. The molecule has 4 heteroatoms. The van der Waals surface area contributed by atoms with Gasteiger partial charge in [-0.3, -0.25) is 9.78 Å². The highest BCUT2D eigenvalue weighted by molar-refractivity contribution is 5.82. The van der Waals surface area contributed by atoms with Gasteiger partial charge in [0.15, 0.2) is 0 Å². The maximum absolute atomic E-state index is 11.4. The molecular weight excluding hydrogens is 228 g/mol. The minimum atomic E-state index is -0.234. The van der Waals surface area contributed by atoms with Gasteiger partial charge in [0, 0.05) is 17.6 Å². The number of carbonyl (C=O) groups is 1. The lowest BCUT2D eigenvalue weighted by atomic mass is 10.0. The first kappa shape index (κ1) is 12.5. The number of nitrogens with one attached hydrogen (secondary N) is 1. The number of para-hydroxylation sites is 1. The van der Waals surface area contributed by atoms with Crippen molar-refractivity contribution in [2.45, 2.75) is 12.5 Å². The number of methoxy groups -OCH3 is 1. The van der Waals surface area contributed by atoms with Crippen molar-refractivity contribution in [3.8, 4) is 0 Å². The molecule has 0 fully saturated rings. The Kier molecular flexibility index (Phi) is 3.89. The molecule has 1 N–H and O–H groups in total. The molecule has 94 valence electrons. The molecule has 0 saturated carbocycles. The van der Waals surface area contributed by atoms with Crippen LogP contribution in [0.15, 0.2) is 36.5 Å². The summed E-state index contributed by atoms with van der Waals surface area (Å²) in [6, 6.07) is 9.80. The second-order valence-electron chi connectivity index (χ2n) is 4.04. The molecule has 1 heterocycles. The number of aromatic nitrogens is 1. The monoisotopic (exact) mass is 244 g/mol. The van der Waals surface area contributed by atoms with E-state index >= 15 is 0 Å². The van der Waals surface area contributed by atoms with Gasteiger partial charge in [0.05, 0.1) is 19.0 Å². The minimum Gasteiger partial charge on any atom is -0.469 e. The number of fused-ring (bicyclic) bond motifs is 1. The molecule has 2 rings (SSSR count). The van der Waals surface area contributed by atoms with Gasteiger partial charge < -0.3 is 10.1 Å². The average molecular weight is 244 g/mol. The lowest BCUT2D eigenvalue weighted by molar-refractivity contribution is -0.141. The van der Waals surface area contributed by atoms with E-state index in [0.29, 0.717) is 6.42 Å². The first-order valence-corrected chi connectivity index (χ1v) is 5.84. The predicted octanol–water partition coefficient (Wildman–Crippen LogP) is 2.06. The molecule has 0 aliphatic heterocycles. The Morgan fingerprint density at radius 2 is 2.17 bits per heavy atom. The molecule has 18 heavy (non-hydrogen) atoms. The van der Waals surface area contributed by atoms with E-state index in [4.69, 9.17) is 4.74 Å². The second kappa shape index (κ2) is 5.60. The first-order valence-electron chi connectivity index (χ1n) is 5.84. The number of nitrogens with zero attached hydrogens (tertiary/aromatic N) is 1. The highest BCUT2D eigenvalue weighted by Crippen LogP contribution is 2.24. The lowest BCUT2D eigenvalue weighted by Crippen LogP contribution is -2.21. The molecule has 4 nitrogen and oxygen atoms in total. The fraction of sp³-hybridized carbons (Fsp3) is 0.286. The first-order chi connectivity index (χ1) is 8.76. The summed E-state index contributed by atoms with van der Waals surface area (Å²) in [5.41, 5.74) is 1.93. The van der Waals surface area contributed by atoms with Gasteiger partial charge in [-0.15, -0.1) is 0 Å². The zero-order chi connectivity index (χ0) is 13.0. The van der Waals surface area contributed by atoms with E-state index in [1.165, 1.54) is 7.11 Å². The summed E-state index contributed by atoms with van der Waals surface area (Å²) >= 11 is 0. The van der Waals surface area contributed by atoms with Crippen molar-refractivity contribution in [1.29, 1.82) is 0 Å². The summed E-state index contributed by atoms with van der Waals surface area (Å²) in [5.74, 6) is -0.234. The molecule has 2 aromatic rings. The third-order valence-electron chi connectivity index (χ3n) is 2.99. The Bertz CT molecular complexity index is 549. The van der Waals surface area contributed by atoms with Crippen LogP contribution in [-0.4, -0.2) is 25.1 Å². The standard InChI is InChI=1S/C14H16N2O2/c1-15-12(9-13(17)18-2)11-7-3-5-10-6-4-8-16-14(10)11/h3-8,12,15H,9H2,1-2H3. The number of pyridine rings is 1. The summed E-state index contributed by atoms with van der Waals surface area (Å²) in [6.45, 7) is 0. The van der Waals surface area contributed by atoms with E-state index < -0.39 is 0 Å². The van der Waals surface area contributed by atoms with E-state index in [2.05, 4.69) is 10.3 Å². The highest BCUT2D eigenvalue weighted by atomic mass is 16.5. The van der Waals surface area contributed by atoms with E-state index in [0.717, 1.165) is 16.5 Å². The maximum atomic E-state index is 11.4. The van der Waals surface area contributed by atoms with Crippen molar-refractivity contribution in [2.24, 2.45) is 0 Å². The third kappa shape index (κ3) is 2.49. The molecule has 1 atom stereocenters. The number of rotatable bonds is 4. The van der Waals surface area contributed by atoms with Crippen LogP contribution in [-0.2, 0) is 9.53 Å². The Balaban J connectivity index is 2.41. The minimum absolute atomic E-state index is 0.0870. The molecular formula is C14H16N2O2. The van der Waals surface area contributed by atoms with Crippen LogP contribution in [0.2, 0.25) is 0 Å². The molecule has 0 amide bonds. The fourth-order valence-electron chi connectivity index (χ4n) is 2.03. The van der Waals surface area contributed by atoms with Crippen LogP contribution in [0.4, 0.5) is 0 Å². The Labute approximate surface area is 106 Å². The second-order valence-corrected chi connectivity index (χ2v) is 4.04. The van der Waals surface area contributed by atoms with Crippen LogP contribution >= 0.6 is 0 Å². The van der Waals surface area contributed by atoms with Crippen molar-refractivity contribution in [1.82, 2.24) is 10.3 Å². The topological polar surface area (TPSA) is 51.2 Å². The molecule has 0 spiro atoms. The van der Waals surface area contributed by atoms with Crippen LogP contribution in [0.25, 0.3) is 10.9 Å². The van der Waals surface area contributed by atoms with Gasteiger partial charge in [0.2, 0.25) is 0 Å². The number of hydrogen-bond donors (Lipinski definition) is 1.